The molecule has 0 fully saturated rings. The van der Waals surface area contributed by atoms with Crippen LogP contribution in [0.4, 0.5) is 0 Å². The van der Waals surface area contributed by atoms with Gasteiger partial charge in [-0.2, -0.15) is 0 Å². The van der Waals surface area contributed by atoms with Gasteiger partial charge in [-0.25, -0.2) is 0 Å². The minimum absolute atomic E-state index is 0.682. The first-order valence-corrected chi connectivity index (χ1v) is 5.77. The molecule has 1 nitrogen and oxygen atoms in total. The van der Waals surface area contributed by atoms with Crippen LogP contribution in [0.3, 0.4) is 0 Å². The molecule has 0 rings (SSSR count). The number of hydrogen-bond donors (Lipinski definition) is 1. The minimum atomic E-state index is 0.682. The lowest BCUT2D eigenvalue weighted by molar-refractivity contribution is 0.351. The third kappa shape index (κ3) is 7.06. The lowest BCUT2D eigenvalue weighted by Crippen LogP contribution is -2.22. The fourth-order valence-corrected chi connectivity index (χ4v) is 1.79. The average molecular weight is 185 g/mol. The molecule has 0 aromatic carbocycles. The quantitative estimate of drug-likeness (QED) is 0.640. The van der Waals surface area contributed by atoms with E-state index < -0.39 is 0 Å². The molecule has 1 N–H and O–H groups in total. The highest BCUT2D eigenvalue weighted by molar-refractivity contribution is 4.64. The molecule has 0 saturated carbocycles. The predicted molar refractivity (Wildman–Crippen MR) is 61.0 cm³/mol. The smallest absolute Gasteiger partial charge is 0.00358 e. The Morgan fingerprint density at radius 3 is 2.08 bits per heavy atom. The third-order valence-electron chi connectivity index (χ3n) is 2.88. The second-order valence-electron chi connectivity index (χ2n) is 4.67. The van der Waals surface area contributed by atoms with Crippen LogP contribution in [0, 0.1) is 11.8 Å². The Hall–Kier alpha value is -0.0400. The molecular weight excluding hydrogens is 158 g/mol. The second-order valence-corrected chi connectivity index (χ2v) is 4.67. The van der Waals surface area contributed by atoms with Crippen molar-refractivity contribution in [1.29, 1.82) is 0 Å². The minimum Gasteiger partial charge on any atom is -0.317 e. The molecule has 0 aliphatic heterocycles. The second kappa shape index (κ2) is 7.37. The molecule has 0 heterocycles. The van der Waals surface area contributed by atoms with Crippen LogP contribution in [0.25, 0.3) is 0 Å². The Balaban J connectivity index is 3.59. The molecule has 0 aliphatic rings. The van der Waals surface area contributed by atoms with Gasteiger partial charge in [-0.15, -0.1) is 0 Å². The SMILES string of the molecule is CCC(CCC(C)NC)CC(C)C. The van der Waals surface area contributed by atoms with E-state index in [0.717, 1.165) is 11.8 Å². The maximum atomic E-state index is 3.30. The zero-order chi connectivity index (χ0) is 10.3. The van der Waals surface area contributed by atoms with Gasteiger partial charge in [-0.3, -0.25) is 0 Å². The van der Waals surface area contributed by atoms with Crippen molar-refractivity contribution < 1.29 is 0 Å². The molecule has 80 valence electrons. The van der Waals surface area contributed by atoms with Crippen LogP contribution in [0.5, 0.6) is 0 Å². The van der Waals surface area contributed by atoms with Gasteiger partial charge in [0, 0.05) is 6.04 Å². The molecule has 1 heteroatoms. The molecule has 13 heavy (non-hydrogen) atoms. The number of hydrogen-bond acceptors (Lipinski definition) is 1. The summed E-state index contributed by atoms with van der Waals surface area (Å²) in [6.45, 7) is 9.23. The van der Waals surface area contributed by atoms with Gasteiger partial charge in [0.1, 0.15) is 0 Å². The summed E-state index contributed by atoms with van der Waals surface area (Å²) in [6, 6.07) is 0.682. The molecule has 0 radical (unpaired) electrons. The summed E-state index contributed by atoms with van der Waals surface area (Å²) in [5.74, 6) is 1.80. The van der Waals surface area contributed by atoms with Gasteiger partial charge in [-0.1, -0.05) is 27.2 Å². The first kappa shape index (κ1) is 13.0. The van der Waals surface area contributed by atoms with Gasteiger partial charge < -0.3 is 5.32 Å². The summed E-state index contributed by atoms with van der Waals surface area (Å²) in [4.78, 5) is 0. The summed E-state index contributed by atoms with van der Waals surface area (Å²) in [6.07, 6.45) is 5.44. The van der Waals surface area contributed by atoms with Gasteiger partial charge in [0.2, 0.25) is 0 Å². The number of rotatable bonds is 7. The van der Waals surface area contributed by atoms with Gasteiger partial charge >= 0.3 is 0 Å². The van der Waals surface area contributed by atoms with Crippen LogP contribution >= 0.6 is 0 Å². The van der Waals surface area contributed by atoms with Crippen LogP contribution in [0.2, 0.25) is 0 Å². The fourth-order valence-electron chi connectivity index (χ4n) is 1.79. The molecule has 2 atom stereocenters. The number of nitrogens with one attached hydrogen (secondary N) is 1. The molecule has 2 unspecified atom stereocenters. The molecular formula is C12H27N. The van der Waals surface area contributed by atoms with Crippen molar-refractivity contribution in [3.05, 3.63) is 0 Å². The van der Waals surface area contributed by atoms with Crippen molar-refractivity contribution in [2.24, 2.45) is 11.8 Å². The first-order chi connectivity index (χ1) is 6.10. The predicted octanol–water partition coefficient (Wildman–Crippen LogP) is 3.45. The molecule has 0 aromatic heterocycles. The van der Waals surface area contributed by atoms with E-state index in [9.17, 15) is 0 Å². The van der Waals surface area contributed by atoms with Crippen molar-refractivity contribution in [3.63, 3.8) is 0 Å². The maximum Gasteiger partial charge on any atom is 0.00358 e. The Morgan fingerprint density at radius 1 is 1.08 bits per heavy atom. The highest BCUT2D eigenvalue weighted by Crippen LogP contribution is 2.20. The standard InChI is InChI=1S/C12H27N/c1-6-12(9-10(2)3)8-7-11(4)13-5/h10-13H,6-9H2,1-5H3. The maximum absolute atomic E-state index is 3.30. The van der Waals surface area contributed by atoms with Crippen molar-refractivity contribution in [3.8, 4) is 0 Å². The molecule has 0 saturated heterocycles. The van der Waals surface area contributed by atoms with Crippen LogP contribution in [-0.2, 0) is 0 Å². The Kier molecular flexibility index (Phi) is 7.35. The van der Waals surface area contributed by atoms with Crippen molar-refractivity contribution in [2.45, 2.75) is 59.4 Å². The summed E-state index contributed by atoms with van der Waals surface area (Å²) in [5, 5.41) is 3.30. The highest BCUT2D eigenvalue weighted by atomic mass is 14.8. The van der Waals surface area contributed by atoms with E-state index in [1.165, 1.54) is 25.7 Å². The van der Waals surface area contributed by atoms with E-state index in [0.29, 0.717) is 6.04 Å². The monoisotopic (exact) mass is 185 g/mol. The van der Waals surface area contributed by atoms with E-state index in [4.69, 9.17) is 0 Å². The van der Waals surface area contributed by atoms with E-state index in [1.54, 1.807) is 0 Å². The van der Waals surface area contributed by atoms with Crippen molar-refractivity contribution in [2.75, 3.05) is 7.05 Å². The zero-order valence-corrected chi connectivity index (χ0v) is 10.1. The van der Waals surface area contributed by atoms with Gasteiger partial charge in [0.15, 0.2) is 0 Å². The highest BCUT2D eigenvalue weighted by Gasteiger charge is 2.09. The average Bonchev–Trinajstić information content (AvgIpc) is 2.10. The van der Waals surface area contributed by atoms with E-state index >= 15 is 0 Å². The van der Waals surface area contributed by atoms with Gasteiger partial charge in [-0.05, 0) is 45.1 Å². The van der Waals surface area contributed by atoms with Crippen LogP contribution < -0.4 is 5.32 Å². The van der Waals surface area contributed by atoms with Gasteiger partial charge in [0.05, 0.1) is 0 Å². The molecule has 0 spiro atoms. The fraction of sp³-hybridized carbons (Fsp3) is 1.00. The normalized spacial score (nSPS) is 16.2. The first-order valence-electron chi connectivity index (χ1n) is 5.77. The lowest BCUT2D eigenvalue weighted by Gasteiger charge is -2.19. The summed E-state index contributed by atoms with van der Waals surface area (Å²) >= 11 is 0. The summed E-state index contributed by atoms with van der Waals surface area (Å²) < 4.78 is 0. The summed E-state index contributed by atoms with van der Waals surface area (Å²) in [5.41, 5.74) is 0. The van der Waals surface area contributed by atoms with Crippen LogP contribution in [-0.4, -0.2) is 13.1 Å². The van der Waals surface area contributed by atoms with Crippen molar-refractivity contribution >= 4 is 0 Å². The Morgan fingerprint density at radius 2 is 1.69 bits per heavy atom. The van der Waals surface area contributed by atoms with Crippen LogP contribution in [0.15, 0.2) is 0 Å². The molecule has 0 amide bonds. The topological polar surface area (TPSA) is 12.0 Å². The molecule has 0 bridgehead atoms. The molecule has 0 aromatic rings. The summed E-state index contributed by atoms with van der Waals surface area (Å²) in [7, 11) is 2.05. The third-order valence-corrected chi connectivity index (χ3v) is 2.88. The Labute approximate surface area is 84.3 Å². The van der Waals surface area contributed by atoms with E-state index in [2.05, 4.69) is 33.0 Å². The zero-order valence-electron chi connectivity index (χ0n) is 10.1. The Bertz CT molecular complexity index is 110. The van der Waals surface area contributed by atoms with E-state index in [-0.39, 0.29) is 0 Å². The van der Waals surface area contributed by atoms with Gasteiger partial charge in [0.25, 0.3) is 0 Å². The van der Waals surface area contributed by atoms with E-state index in [1.807, 2.05) is 7.05 Å². The molecule has 0 aliphatic carbocycles. The lowest BCUT2D eigenvalue weighted by atomic mass is 9.90. The largest absolute Gasteiger partial charge is 0.317 e. The van der Waals surface area contributed by atoms with Crippen molar-refractivity contribution in [1.82, 2.24) is 5.32 Å². The van der Waals surface area contributed by atoms with Crippen LogP contribution in [0.1, 0.15) is 53.4 Å².